The molecule has 0 bridgehead atoms. The van der Waals surface area contributed by atoms with Crippen LogP contribution >= 0.6 is 0 Å². The second-order valence-electron chi connectivity index (χ2n) is 6.12. The van der Waals surface area contributed by atoms with Crippen molar-refractivity contribution in [1.29, 1.82) is 0 Å². The number of benzene rings is 1. The Morgan fingerprint density at radius 2 is 2.20 bits per heavy atom. The van der Waals surface area contributed by atoms with Crippen molar-refractivity contribution in [3.63, 3.8) is 0 Å². The predicted molar refractivity (Wildman–Crippen MR) is 88.3 cm³/mol. The van der Waals surface area contributed by atoms with E-state index in [-0.39, 0.29) is 23.5 Å². The zero-order valence-corrected chi connectivity index (χ0v) is 13.5. The van der Waals surface area contributed by atoms with E-state index in [1.54, 1.807) is 29.3 Å². The molecule has 1 amide bonds. The van der Waals surface area contributed by atoms with Crippen molar-refractivity contribution in [2.45, 2.75) is 18.9 Å². The minimum atomic E-state index is -0.355. The van der Waals surface area contributed by atoms with Gasteiger partial charge in [0.2, 0.25) is 5.76 Å². The van der Waals surface area contributed by atoms with E-state index in [9.17, 15) is 9.18 Å². The summed E-state index contributed by atoms with van der Waals surface area (Å²) in [6.07, 6.45) is 5.54. The monoisotopic (exact) mass is 340 g/mol. The molecule has 6 nitrogen and oxygen atoms in total. The van der Waals surface area contributed by atoms with Crippen molar-refractivity contribution in [2.24, 2.45) is 0 Å². The van der Waals surface area contributed by atoms with Gasteiger partial charge in [0.1, 0.15) is 11.5 Å². The van der Waals surface area contributed by atoms with Crippen LogP contribution in [0.4, 0.5) is 4.39 Å². The second kappa shape index (κ2) is 6.51. The van der Waals surface area contributed by atoms with E-state index < -0.39 is 0 Å². The number of carbonyl (C=O) groups excluding carboxylic acids is 1. The van der Waals surface area contributed by atoms with Crippen LogP contribution in [0.1, 0.15) is 29.4 Å². The Balaban J connectivity index is 1.51. The molecule has 1 aromatic carbocycles. The number of hydrogen-bond acceptors (Lipinski definition) is 4. The zero-order chi connectivity index (χ0) is 17.2. The molecular weight excluding hydrogens is 323 g/mol. The lowest BCUT2D eigenvalue weighted by molar-refractivity contribution is 0.0631. The van der Waals surface area contributed by atoms with Crippen LogP contribution in [0, 0.1) is 5.82 Å². The van der Waals surface area contributed by atoms with Gasteiger partial charge in [0.15, 0.2) is 0 Å². The summed E-state index contributed by atoms with van der Waals surface area (Å²) >= 11 is 0. The molecule has 1 atom stereocenters. The fraction of sp³-hybridized carbons (Fsp3) is 0.278. The van der Waals surface area contributed by atoms with E-state index >= 15 is 0 Å². The van der Waals surface area contributed by atoms with E-state index in [2.05, 4.69) is 10.3 Å². The van der Waals surface area contributed by atoms with Crippen molar-refractivity contribution in [2.75, 3.05) is 13.1 Å². The molecule has 1 fully saturated rings. The molecule has 0 radical (unpaired) electrons. The van der Waals surface area contributed by atoms with Crippen molar-refractivity contribution >= 4 is 5.91 Å². The van der Waals surface area contributed by atoms with Gasteiger partial charge in [0.25, 0.3) is 5.91 Å². The molecule has 4 rings (SSSR count). The number of carbonyl (C=O) groups is 1. The Morgan fingerprint density at radius 1 is 1.28 bits per heavy atom. The largest absolute Gasteiger partial charge is 0.350 e. The quantitative estimate of drug-likeness (QED) is 0.735. The van der Waals surface area contributed by atoms with Crippen LogP contribution in [0.25, 0.3) is 11.3 Å². The number of piperidine rings is 1. The molecule has 7 heteroatoms. The molecule has 0 spiro atoms. The lowest BCUT2D eigenvalue weighted by atomic mass is 10.1. The van der Waals surface area contributed by atoms with Crippen LogP contribution in [-0.2, 0) is 0 Å². The molecule has 2 aromatic heterocycles. The van der Waals surface area contributed by atoms with Crippen molar-refractivity contribution in [1.82, 2.24) is 19.8 Å². The maximum Gasteiger partial charge on any atom is 0.292 e. The topological polar surface area (TPSA) is 64.2 Å². The highest BCUT2D eigenvalue weighted by atomic mass is 19.1. The van der Waals surface area contributed by atoms with E-state index in [1.165, 1.54) is 12.1 Å². The summed E-state index contributed by atoms with van der Waals surface area (Å²) in [6.45, 7) is 1.25. The summed E-state index contributed by atoms with van der Waals surface area (Å²) in [4.78, 5) is 14.5. The number of rotatable bonds is 3. The van der Waals surface area contributed by atoms with Crippen molar-refractivity contribution in [3.05, 3.63) is 60.4 Å². The molecule has 1 aliphatic heterocycles. The first kappa shape index (κ1) is 15.6. The van der Waals surface area contributed by atoms with Crippen LogP contribution in [0.3, 0.4) is 0 Å². The number of hydrogen-bond donors (Lipinski definition) is 0. The zero-order valence-electron chi connectivity index (χ0n) is 13.5. The number of aromatic nitrogens is 3. The third kappa shape index (κ3) is 3.17. The fourth-order valence-corrected chi connectivity index (χ4v) is 3.17. The Labute approximate surface area is 143 Å². The van der Waals surface area contributed by atoms with Gasteiger partial charge < -0.3 is 9.42 Å². The summed E-state index contributed by atoms with van der Waals surface area (Å²) in [5.74, 6) is -0.390. The minimum absolute atomic E-state index is 0.165. The van der Waals surface area contributed by atoms with Crippen LogP contribution in [0.5, 0.6) is 0 Å². The third-order valence-corrected chi connectivity index (χ3v) is 4.42. The molecule has 0 saturated carbocycles. The van der Waals surface area contributed by atoms with Gasteiger partial charge in [-0.2, -0.15) is 5.10 Å². The summed E-state index contributed by atoms with van der Waals surface area (Å²) in [5.41, 5.74) is 1.03. The summed E-state index contributed by atoms with van der Waals surface area (Å²) in [7, 11) is 0. The molecular formula is C18H17FN4O2. The lowest BCUT2D eigenvalue weighted by Crippen LogP contribution is -2.40. The molecule has 1 saturated heterocycles. The number of halogens is 1. The first-order valence-corrected chi connectivity index (χ1v) is 8.22. The highest BCUT2D eigenvalue weighted by molar-refractivity contribution is 5.92. The summed E-state index contributed by atoms with van der Waals surface area (Å²) < 4.78 is 20.4. The average molecular weight is 340 g/mol. The fourth-order valence-electron chi connectivity index (χ4n) is 3.17. The second-order valence-corrected chi connectivity index (χ2v) is 6.12. The SMILES string of the molecule is O=C(c1cc(-c2cccc(F)c2)no1)N1CCC[C@H](n2cccn2)C1. The lowest BCUT2D eigenvalue weighted by Gasteiger charge is -2.32. The Hall–Kier alpha value is -2.96. The predicted octanol–water partition coefficient (Wildman–Crippen LogP) is 3.15. The standard InChI is InChI=1S/C18H17FN4O2/c19-14-5-1-4-13(10-14)16-11-17(25-21-16)18(24)22-8-2-6-15(12-22)23-9-3-7-20-23/h1,3-5,7,9-11,15H,2,6,8,12H2/t15-/m0/s1. The first-order chi connectivity index (χ1) is 12.2. The van der Waals surface area contributed by atoms with E-state index in [0.717, 1.165) is 12.8 Å². The first-order valence-electron chi connectivity index (χ1n) is 8.22. The molecule has 0 unspecified atom stereocenters. The van der Waals surface area contributed by atoms with Crippen LogP contribution < -0.4 is 0 Å². The van der Waals surface area contributed by atoms with Gasteiger partial charge in [0.05, 0.1) is 6.04 Å². The highest BCUT2D eigenvalue weighted by Crippen LogP contribution is 2.24. The van der Waals surface area contributed by atoms with Gasteiger partial charge in [-0.25, -0.2) is 4.39 Å². The smallest absolute Gasteiger partial charge is 0.292 e. The van der Waals surface area contributed by atoms with Gasteiger partial charge in [-0.05, 0) is 31.0 Å². The Kier molecular flexibility index (Phi) is 4.05. The molecule has 3 heterocycles. The Morgan fingerprint density at radius 3 is 3.00 bits per heavy atom. The maximum atomic E-state index is 13.3. The Bertz CT molecular complexity index is 875. The minimum Gasteiger partial charge on any atom is -0.350 e. The molecule has 1 aliphatic rings. The van der Waals surface area contributed by atoms with Crippen molar-refractivity contribution < 1.29 is 13.7 Å². The number of amides is 1. The van der Waals surface area contributed by atoms with Gasteiger partial charge in [-0.15, -0.1) is 0 Å². The van der Waals surface area contributed by atoms with Gasteiger partial charge in [-0.1, -0.05) is 17.3 Å². The average Bonchev–Trinajstić information content (AvgIpc) is 3.33. The van der Waals surface area contributed by atoms with E-state index in [4.69, 9.17) is 4.52 Å². The molecule has 0 N–H and O–H groups in total. The summed E-state index contributed by atoms with van der Waals surface area (Å²) in [6, 6.07) is 9.65. The molecule has 25 heavy (non-hydrogen) atoms. The van der Waals surface area contributed by atoms with Gasteiger partial charge >= 0.3 is 0 Å². The van der Waals surface area contributed by atoms with E-state index in [1.807, 2.05) is 16.9 Å². The van der Waals surface area contributed by atoms with Gasteiger partial charge in [-0.3, -0.25) is 9.48 Å². The van der Waals surface area contributed by atoms with Crippen LogP contribution in [0.2, 0.25) is 0 Å². The highest BCUT2D eigenvalue weighted by Gasteiger charge is 2.28. The van der Waals surface area contributed by atoms with Crippen molar-refractivity contribution in [3.8, 4) is 11.3 Å². The maximum absolute atomic E-state index is 13.3. The van der Waals surface area contributed by atoms with Crippen LogP contribution in [-0.4, -0.2) is 38.8 Å². The molecule has 3 aromatic rings. The van der Waals surface area contributed by atoms with Crippen LogP contribution in [0.15, 0.2) is 53.3 Å². The van der Waals surface area contributed by atoms with E-state index in [0.29, 0.717) is 24.3 Å². The molecule has 0 aliphatic carbocycles. The number of likely N-dealkylation sites (tertiary alicyclic amines) is 1. The summed E-state index contributed by atoms with van der Waals surface area (Å²) in [5, 5.41) is 8.17. The normalized spacial score (nSPS) is 17.6. The number of nitrogens with zero attached hydrogens (tertiary/aromatic N) is 4. The molecule has 128 valence electrons. The third-order valence-electron chi connectivity index (χ3n) is 4.42. The van der Waals surface area contributed by atoms with Gasteiger partial charge in [0, 0.05) is 37.1 Å².